The van der Waals surface area contributed by atoms with E-state index >= 15 is 0 Å². The summed E-state index contributed by atoms with van der Waals surface area (Å²) in [7, 11) is 0. The number of hydrogen-bond acceptors (Lipinski definition) is 6. The lowest BCUT2D eigenvalue weighted by Gasteiger charge is -2.47. The number of carbonyl (C=O) groups is 4. The Kier molecular flexibility index (Phi) is 9.41. The highest BCUT2D eigenvalue weighted by Crippen LogP contribution is 2.27. The largest absolute Gasteiger partial charge is 0.464 e. The molecule has 0 saturated carbocycles. The lowest BCUT2D eigenvalue weighted by Crippen LogP contribution is -2.69. The lowest BCUT2D eigenvalue weighted by molar-refractivity contribution is -0.176. The third kappa shape index (κ3) is 5.02. The molecule has 28 heavy (non-hydrogen) atoms. The van der Waals surface area contributed by atoms with E-state index < -0.39 is 36.1 Å². The van der Waals surface area contributed by atoms with Gasteiger partial charge in [0.25, 0.3) is 0 Å². The molecule has 1 saturated heterocycles. The molecule has 1 fully saturated rings. The van der Waals surface area contributed by atoms with Crippen molar-refractivity contribution in [2.45, 2.75) is 91.4 Å². The van der Waals surface area contributed by atoms with Crippen molar-refractivity contribution >= 4 is 23.8 Å². The van der Waals surface area contributed by atoms with Gasteiger partial charge < -0.3 is 19.3 Å². The number of piperazine rings is 1. The number of esters is 2. The number of nitrogens with zero attached hydrogens (tertiary/aromatic N) is 2. The smallest absolute Gasteiger partial charge is 0.328 e. The number of ether oxygens (including phenoxy) is 2. The van der Waals surface area contributed by atoms with Gasteiger partial charge in [-0.2, -0.15) is 0 Å². The summed E-state index contributed by atoms with van der Waals surface area (Å²) in [4.78, 5) is 53.9. The summed E-state index contributed by atoms with van der Waals surface area (Å²) in [6.07, 6.45) is 2.14. The molecule has 0 aromatic rings. The molecule has 160 valence electrons. The Hall–Kier alpha value is -2.12. The fourth-order valence-corrected chi connectivity index (χ4v) is 3.66. The average Bonchev–Trinajstić information content (AvgIpc) is 2.65. The highest BCUT2D eigenvalue weighted by atomic mass is 16.5. The van der Waals surface area contributed by atoms with Gasteiger partial charge in [-0.1, -0.05) is 26.7 Å². The van der Waals surface area contributed by atoms with E-state index in [-0.39, 0.29) is 25.0 Å². The van der Waals surface area contributed by atoms with Crippen LogP contribution in [0.1, 0.15) is 67.2 Å². The minimum Gasteiger partial charge on any atom is -0.464 e. The van der Waals surface area contributed by atoms with Crippen LogP contribution in [0, 0.1) is 0 Å². The van der Waals surface area contributed by atoms with E-state index in [1.165, 1.54) is 9.80 Å². The molecule has 0 N–H and O–H groups in total. The van der Waals surface area contributed by atoms with E-state index in [1.807, 2.05) is 13.8 Å². The van der Waals surface area contributed by atoms with Crippen LogP contribution < -0.4 is 0 Å². The molecule has 0 aliphatic carbocycles. The molecular formula is C20H34N2O6. The van der Waals surface area contributed by atoms with Crippen molar-refractivity contribution in [2.24, 2.45) is 0 Å². The van der Waals surface area contributed by atoms with Crippen molar-refractivity contribution in [1.82, 2.24) is 9.80 Å². The Morgan fingerprint density at radius 3 is 1.36 bits per heavy atom. The molecule has 0 radical (unpaired) electrons. The fourth-order valence-electron chi connectivity index (χ4n) is 3.66. The summed E-state index contributed by atoms with van der Waals surface area (Å²) >= 11 is 0. The minimum absolute atomic E-state index is 0.201. The van der Waals surface area contributed by atoms with Gasteiger partial charge in [-0.3, -0.25) is 9.59 Å². The molecule has 1 aliphatic rings. The van der Waals surface area contributed by atoms with Gasteiger partial charge in [0.1, 0.15) is 24.2 Å². The predicted octanol–water partition coefficient (Wildman–Crippen LogP) is 1.90. The molecule has 0 bridgehead atoms. The third-order valence-corrected chi connectivity index (χ3v) is 4.97. The second-order valence-electron chi connectivity index (χ2n) is 6.96. The highest BCUT2D eigenvalue weighted by molar-refractivity contribution is 6.00. The summed E-state index contributed by atoms with van der Waals surface area (Å²) in [6.45, 7) is 10.8. The van der Waals surface area contributed by atoms with Crippen LogP contribution in [0.4, 0.5) is 0 Å². The Bertz CT molecular complexity index is 529. The Balaban J connectivity index is 3.24. The van der Waals surface area contributed by atoms with Crippen molar-refractivity contribution in [2.75, 3.05) is 13.2 Å². The zero-order chi connectivity index (χ0) is 21.4. The quantitative estimate of drug-likeness (QED) is 0.522. The number of carbonyl (C=O) groups excluding carboxylic acids is 4. The topological polar surface area (TPSA) is 93.2 Å². The fraction of sp³-hybridized carbons (Fsp3) is 0.800. The van der Waals surface area contributed by atoms with Crippen LogP contribution in [0.25, 0.3) is 0 Å². The van der Waals surface area contributed by atoms with Gasteiger partial charge in [0.2, 0.25) is 11.8 Å². The maximum Gasteiger partial charge on any atom is 0.328 e. The van der Waals surface area contributed by atoms with Crippen LogP contribution in [0.3, 0.4) is 0 Å². The van der Waals surface area contributed by atoms with Gasteiger partial charge >= 0.3 is 11.9 Å². The summed E-state index contributed by atoms with van der Waals surface area (Å²) in [6, 6.07) is -3.35. The molecule has 0 aromatic carbocycles. The maximum atomic E-state index is 13.2. The lowest BCUT2D eigenvalue weighted by atomic mass is 9.97. The first-order valence-electron chi connectivity index (χ1n) is 10.2. The van der Waals surface area contributed by atoms with Crippen molar-refractivity contribution < 1.29 is 28.7 Å². The van der Waals surface area contributed by atoms with Crippen LogP contribution in [0.2, 0.25) is 0 Å². The van der Waals surface area contributed by atoms with Crippen LogP contribution in [0.15, 0.2) is 0 Å². The second kappa shape index (κ2) is 11.0. The van der Waals surface area contributed by atoms with Crippen molar-refractivity contribution in [1.29, 1.82) is 0 Å². The molecular weight excluding hydrogens is 364 g/mol. The van der Waals surface area contributed by atoms with E-state index in [2.05, 4.69) is 0 Å². The van der Waals surface area contributed by atoms with E-state index in [0.717, 1.165) is 0 Å². The van der Waals surface area contributed by atoms with Gasteiger partial charge in [-0.15, -0.1) is 0 Å². The third-order valence-electron chi connectivity index (χ3n) is 4.97. The molecule has 8 nitrogen and oxygen atoms in total. The Morgan fingerprint density at radius 1 is 0.786 bits per heavy atom. The van der Waals surface area contributed by atoms with Gasteiger partial charge in [0.05, 0.1) is 13.2 Å². The second-order valence-corrected chi connectivity index (χ2v) is 6.96. The number of hydrogen-bond donors (Lipinski definition) is 0. The minimum atomic E-state index is -0.863. The molecule has 0 spiro atoms. The van der Waals surface area contributed by atoms with Crippen LogP contribution in [-0.4, -0.2) is 70.9 Å². The monoisotopic (exact) mass is 398 g/mol. The Morgan fingerprint density at radius 2 is 1.11 bits per heavy atom. The van der Waals surface area contributed by atoms with Crippen LogP contribution >= 0.6 is 0 Å². The maximum absolute atomic E-state index is 13.2. The molecule has 0 unspecified atom stereocenters. The SMILES string of the molecule is CCC[C@@H](C(=O)OCC)N1C(=O)[C@H](C)N([C@@H](CCC)C(=O)OCC)C(=O)[C@@H]1C. The summed E-state index contributed by atoms with van der Waals surface area (Å²) in [5.74, 6) is -1.73. The number of rotatable bonds is 10. The molecule has 0 aromatic heterocycles. The highest BCUT2D eigenvalue weighted by Gasteiger charge is 2.49. The summed E-state index contributed by atoms with van der Waals surface area (Å²) < 4.78 is 10.3. The van der Waals surface area contributed by atoms with Crippen molar-refractivity contribution in [3.8, 4) is 0 Å². The first-order chi connectivity index (χ1) is 13.3. The van der Waals surface area contributed by atoms with Crippen LogP contribution in [0.5, 0.6) is 0 Å². The predicted molar refractivity (Wildman–Crippen MR) is 103 cm³/mol. The van der Waals surface area contributed by atoms with E-state index in [9.17, 15) is 19.2 Å². The molecule has 8 heteroatoms. The molecule has 1 heterocycles. The first-order valence-corrected chi connectivity index (χ1v) is 10.2. The molecule has 4 atom stereocenters. The van der Waals surface area contributed by atoms with Crippen molar-refractivity contribution in [3.63, 3.8) is 0 Å². The first kappa shape index (κ1) is 23.9. The number of amides is 2. The van der Waals surface area contributed by atoms with Gasteiger partial charge in [-0.25, -0.2) is 9.59 Å². The van der Waals surface area contributed by atoms with Gasteiger partial charge in [0.15, 0.2) is 0 Å². The van der Waals surface area contributed by atoms with Gasteiger partial charge in [-0.05, 0) is 40.5 Å². The van der Waals surface area contributed by atoms with E-state index in [1.54, 1.807) is 27.7 Å². The standard InChI is InChI=1S/C20H34N2O6/c1-7-11-15(19(25)27-9-3)21-13(5)18(24)22(14(6)17(21)23)16(12-8-2)20(26)28-10-4/h13-16H,7-12H2,1-6H3/t13-,14-,15-,16-/m0/s1. The zero-order valence-corrected chi connectivity index (χ0v) is 17.9. The van der Waals surface area contributed by atoms with Crippen molar-refractivity contribution in [3.05, 3.63) is 0 Å². The molecule has 1 rings (SSSR count). The molecule has 1 aliphatic heterocycles. The average molecular weight is 399 g/mol. The summed E-state index contributed by atoms with van der Waals surface area (Å²) in [5, 5.41) is 0. The Labute approximate surface area is 167 Å². The van der Waals surface area contributed by atoms with E-state index in [4.69, 9.17) is 9.47 Å². The summed E-state index contributed by atoms with van der Waals surface area (Å²) in [5.41, 5.74) is 0. The van der Waals surface area contributed by atoms with Gasteiger partial charge in [0, 0.05) is 0 Å². The zero-order valence-electron chi connectivity index (χ0n) is 17.9. The normalized spacial score (nSPS) is 22.1. The van der Waals surface area contributed by atoms with Crippen LogP contribution in [-0.2, 0) is 28.7 Å². The van der Waals surface area contributed by atoms with E-state index in [0.29, 0.717) is 25.7 Å². The molecule has 2 amide bonds.